The minimum atomic E-state index is -3.39. The van der Waals surface area contributed by atoms with Crippen LogP contribution in [-0.2, 0) is 15.6 Å². The van der Waals surface area contributed by atoms with Crippen molar-refractivity contribution in [2.24, 2.45) is 0 Å². The van der Waals surface area contributed by atoms with Crippen LogP contribution in [0.1, 0.15) is 24.8 Å². The molecule has 0 radical (unpaired) electrons. The number of benzene rings is 1. The molecular formula is C14H22N2O3S. The molecule has 1 N–H and O–H groups in total. The molecule has 0 heterocycles. The topological polar surface area (TPSA) is 58.6 Å². The molecule has 0 amide bonds. The van der Waals surface area contributed by atoms with Gasteiger partial charge in [-0.3, -0.25) is 0 Å². The number of para-hydroxylation sites is 1. The molecule has 2 rings (SSSR count). The first-order chi connectivity index (χ1) is 9.41. The van der Waals surface area contributed by atoms with E-state index in [2.05, 4.69) is 4.72 Å². The van der Waals surface area contributed by atoms with Crippen molar-refractivity contribution in [1.29, 1.82) is 0 Å². The van der Waals surface area contributed by atoms with Crippen molar-refractivity contribution in [2.45, 2.75) is 24.7 Å². The van der Waals surface area contributed by atoms with Gasteiger partial charge in [0.2, 0.25) is 0 Å². The van der Waals surface area contributed by atoms with E-state index in [1.165, 1.54) is 18.4 Å². The van der Waals surface area contributed by atoms with Crippen molar-refractivity contribution in [3.63, 3.8) is 0 Å². The molecular weight excluding hydrogens is 276 g/mol. The standard InChI is InChI=1S/C14H22N2O3S/c1-16(2)20(17,18)15-11-14(9-6-10-14)12-7-4-5-8-13(12)19-3/h4-5,7-8,15H,6,9-11H2,1-3H3. The van der Waals surface area contributed by atoms with Gasteiger partial charge in [-0.1, -0.05) is 24.6 Å². The molecule has 112 valence electrons. The van der Waals surface area contributed by atoms with Crippen molar-refractivity contribution in [2.75, 3.05) is 27.7 Å². The third-order valence-electron chi connectivity index (χ3n) is 4.06. The minimum absolute atomic E-state index is 0.143. The van der Waals surface area contributed by atoms with Crippen molar-refractivity contribution in [3.8, 4) is 5.75 Å². The van der Waals surface area contributed by atoms with Crippen molar-refractivity contribution in [1.82, 2.24) is 9.03 Å². The van der Waals surface area contributed by atoms with Crippen LogP contribution in [0.25, 0.3) is 0 Å². The first-order valence-electron chi connectivity index (χ1n) is 6.72. The normalized spacial score (nSPS) is 17.8. The van der Waals surface area contributed by atoms with Crippen LogP contribution in [0, 0.1) is 0 Å². The lowest BCUT2D eigenvalue weighted by Crippen LogP contribution is -2.48. The summed E-state index contributed by atoms with van der Waals surface area (Å²) >= 11 is 0. The zero-order valence-electron chi connectivity index (χ0n) is 12.2. The predicted molar refractivity (Wildman–Crippen MR) is 79.1 cm³/mol. The van der Waals surface area contributed by atoms with Gasteiger partial charge in [-0.25, -0.2) is 4.72 Å². The van der Waals surface area contributed by atoms with Crippen LogP contribution in [-0.4, -0.2) is 40.5 Å². The molecule has 5 nitrogen and oxygen atoms in total. The summed E-state index contributed by atoms with van der Waals surface area (Å²) in [6.45, 7) is 0.411. The summed E-state index contributed by atoms with van der Waals surface area (Å²) in [5.41, 5.74) is 0.950. The highest BCUT2D eigenvalue weighted by molar-refractivity contribution is 7.87. The van der Waals surface area contributed by atoms with E-state index in [9.17, 15) is 8.42 Å². The fraction of sp³-hybridized carbons (Fsp3) is 0.571. The Bertz CT molecular complexity index is 566. The van der Waals surface area contributed by atoms with Gasteiger partial charge in [-0.15, -0.1) is 0 Å². The quantitative estimate of drug-likeness (QED) is 0.866. The van der Waals surface area contributed by atoms with Gasteiger partial charge in [0.05, 0.1) is 7.11 Å². The van der Waals surface area contributed by atoms with E-state index < -0.39 is 10.2 Å². The zero-order chi connectivity index (χ0) is 14.8. The van der Waals surface area contributed by atoms with Gasteiger partial charge in [0.25, 0.3) is 10.2 Å². The molecule has 0 aromatic heterocycles. The number of hydrogen-bond acceptors (Lipinski definition) is 3. The number of hydrogen-bond donors (Lipinski definition) is 1. The maximum Gasteiger partial charge on any atom is 0.278 e. The summed E-state index contributed by atoms with van der Waals surface area (Å²) in [7, 11) is 1.31. The first-order valence-corrected chi connectivity index (χ1v) is 8.16. The van der Waals surface area contributed by atoms with Crippen molar-refractivity contribution >= 4 is 10.2 Å². The number of nitrogens with one attached hydrogen (secondary N) is 1. The van der Waals surface area contributed by atoms with Crippen molar-refractivity contribution < 1.29 is 13.2 Å². The molecule has 1 aromatic rings. The Kier molecular flexibility index (Phi) is 4.36. The average Bonchev–Trinajstić information content (AvgIpc) is 2.37. The van der Waals surface area contributed by atoms with Crippen LogP contribution in [0.3, 0.4) is 0 Å². The fourth-order valence-corrected chi connectivity index (χ4v) is 3.30. The molecule has 1 aliphatic carbocycles. The molecule has 20 heavy (non-hydrogen) atoms. The Balaban J connectivity index is 2.22. The van der Waals surface area contributed by atoms with Gasteiger partial charge in [0.15, 0.2) is 0 Å². The van der Waals surface area contributed by atoms with Gasteiger partial charge in [-0.05, 0) is 18.9 Å². The highest BCUT2D eigenvalue weighted by Crippen LogP contribution is 2.46. The molecule has 0 saturated heterocycles. The average molecular weight is 298 g/mol. The Morgan fingerprint density at radius 2 is 1.95 bits per heavy atom. The van der Waals surface area contributed by atoms with E-state index >= 15 is 0 Å². The Morgan fingerprint density at radius 3 is 2.45 bits per heavy atom. The number of ether oxygens (including phenoxy) is 1. The molecule has 0 atom stereocenters. The maximum atomic E-state index is 11.9. The summed E-state index contributed by atoms with van der Waals surface area (Å²) in [6, 6.07) is 7.86. The van der Waals surface area contributed by atoms with E-state index in [1.807, 2.05) is 24.3 Å². The number of methoxy groups -OCH3 is 1. The molecule has 6 heteroatoms. The summed E-state index contributed by atoms with van der Waals surface area (Å²) < 4.78 is 33.1. The van der Waals surface area contributed by atoms with Crippen LogP contribution >= 0.6 is 0 Å². The molecule has 1 aliphatic rings. The van der Waals surface area contributed by atoms with Gasteiger partial charge in [0, 0.05) is 31.6 Å². The lowest BCUT2D eigenvalue weighted by atomic mass is 9.64. The van der Waals surface area contributed by atoms with Crippen molar-refractivity contribution in [3.05, 3.63) is 29.8 Å². The Morgan fingerprint density at radius 1 is 1.30 bits per heavy atom. The molecule has 0 bridgehead atoms. The summed E-state index contributed by atoms with van der Waals surface area (Å²) in [4.78, 5) is 0. The predicted octanol–water partition coefficient (Wildman–Crippen LogP) is 1.51. The summed E-state index contributed by atoms with van der Waals surface area (Å²) in [5.74, 6) is 0.830. The second-order valence-electron chi connectivity index (χ2n) is 5.44. The van der Waals surface area contributed by atoms with E-state index in [0.29, 0.717) is 6.54 Å². The largest absolute Gasteiger partial charge is 0.496 e. The minimum Gasteiger partial charge on any atom is -0.496 e. The fourth-order valence-electron chi connectivity index (χ4n) is 2.59. The van der Waals surface area contributed by atoms with E-state index in [4.69, 9.17) is 4.74 Å². The summed E-state index contributed by atoms with van der Waals surface area (Å²) in [6.07, 6.45) is 3.06. The second-order valence-corrected chi connectivity index (χ2v) is 7.41. The van der Waals surface area contributed by atoms with Crippen LogP contribution in [0.2, 0.25) is 0 Å². The lowest BCUT2D eigenvalue weighted by molar-refractivity contribution is 0.235. The lowest BCUT2D eigenvalue weighted by Gasteiger charge is -2.43. The van der Waals surface area contributed by atoms with Gasteiger partial charge in [-0.2, -0.15) is 12.7 Å². The molecule has 0 aliphatic heterocycles. The van der Waals surface area contributed by atoms with Crippen LogP contribution in [0.4, 0.5) is 0 Å². The number of nitrogens with zero attached hydrogens (tertiary/aromatic N) is 1. The highest BCUT2D eigenvalue weighted by atomic mass is 32.2. The Labute approximate surface area is 121 Å². The molecule has 0 unspecified atom stereocenters. The summed E-state index contributed by atoms with van der Waals surface area (Å²) in [5, 5.41) is 0. The first kappa shape index (κ1) is 15.3. The maximum absolute atomic E-state index is 11.9. The van der Waals surface area contributed by atoms with Crippen LogP contribution in [0.5, 0.6) is 5.75 Å². The zero-order valence-corrected chi connectivity index (χ0v) is 13.0. The van der Waals surface area contributed by atoms with Gasteiger partial charge in [0.1, 0.15) is 5.75 Å². The van der Waals surface area contributed by atoms with Crippen LogP contribution in [0.15, 0.2) is 24.3 Å². The molecule has 0 spiro atoms. The molecule has 1 fully saturated rings. The molecule has 1 aromatic carbocycles. The number of rotatable bonds is 6. The van der Waals surface area contributed by atoms with E-state index in [-0.39, 0.29) is 5.41 Å². The monoisotopic (exact) mass is 298 g/mol. The third-order valence-corrected chi connectivity index (χ3v) is 5.53. The SMILES string of the molecule is COc1ccccc1C1(CNS(=O)(=O)N(C)C)CCC1. The van der Waals surface area contributed by atoms with Gasteiger partial charge >= 0.3 is 0 Å². The highest BCUT2D eigenvalue weighted by Gasteiger charge is 2.41. The van der Waals surface area contributed by atoms with E-state index in [1.54, 1.807) is 7.11 Å². The van der Waals surface area contributed by atoms with Crippen LogP contribution < -0.4 is 9.46 Å². The van der Waals surface area contributed by atoms with Gasteiger partial charge < -0.3 is 4.74 Å². The Hall–Kier alpha value is -1.11. The third kappa shape index (κ3) is 2.82. The van der Waals surface area contributed by atoms with E-state index in [0.717, 1.165) is 30.6 Å². The molecule has 1 saturated carbocycles. The second kappa shape index (κ2) is 5.71. The smallest absolute Gasteiger partial charge is 0.278 e.